The maximum absolute atomic E-state index is 15.7. The molecule has 1 atom stereocenters. The number of unbranched alkanes of at least 4 members (excludes halogenated alkanes) is 1. The lowest BCUT2D eigenvalue weighted by Crippen LogP contribution is -2.11. The highest BCUT2D eigenvalue weighted by atomic mass is 32.1. The highest BCUT2D eigenvalue weighted by Crippen LogP contribution is 2.49. The standard InChI is InChI=1S/C36H27F4N5O5S4/c1-3-5-6-17(4-2)15-49-19-9-7-18(8-10-19)45(22-13-11-20(51-22)24-27(37)29(39)26(36(47)48)33-31(24)41-53-43-33)23-14-12-21(52-23)25-28(38)30(40)35(50-16-46)34-32(25)42-54-44-34/h7-14,16-17H,3-6,15H2,1-2H3,(H,47,48). The Morgan fingerprint density at radius 2 is 1.37 bits per heavy atom. The van der Waals surface area contributed by atoms with Crippen LogP contribution in [0.1, 0.15) is 49.9 Å². The molecule has 18 heteroatoms. The second kappa shape index (κ2) is 15.7. The largest absolute Gasteiger partial charge is 0.493 e. The summed E-state index contributed by atoms with van der Waals surface area (Å²) in [5.74, 6) is -6.88. The van der Waals surface area contributed by atoms with Gasteiger partial charge in [0.2, 0.25) is 5.82 Å². The topological polar surface area (TPSA) is 128 Å². The van der Waals surface area contributed by atoms with Crippen LogP contribution < -0.4 is 14.4 Å². The summed E-state index contributed by atoms with van der Waals surface area (Å²) in [6.07, 6.45) is 4.27. The Bertz CT molecular complexity index is 2500. The normalized spacial score (nSPS) is 12.0. The third kappa shape index (κ3) is 6.78. The second-order valence-corrected chi connectivity index (χ2v) is 15.2. The van der Waals surface area contributed by atoms with Crippen LogP contribution in [-0.2, 0) is 4.79 Å². The minimum absolute atomic E-state index is 0.00290. The number of anilines is 3. The molecule has 4 aromatic heterocycles. The van der Waals surface area contributed by atoms with Gasteiger partial charge >= 0.3 is 5.97 Å². The van der Waals surface area contributed by atoms with E-state index in [4.69, 9.17) is 9.47 Å². The van der Waals surface area contributed by atoms with E-state index in [1.54, 1.807) is 29.2 Å². The lowest BCUT2D eigenvalue weighted by Gasteiger charge is -2.22. The van der Waals surface area contributed by atoms with E-state index < -0.39 is 40.6 Å². The molecule has 0 aliphatic rings. The van der Waals surface area contributed by atoms with E-state index in [2.05, 4.69) is 31.3 Å². The summed E-state index contributed by atoms with van der Waals surface area (Å²) < 4.78 is 88.8. The number of hydrogen-bond donors (Lipinski definition) is 1. The van der Waals surface area contributed by atoms with Crippen LogP contribution >= 0.6 is 46.1 Å². The van der Waals surface area contributed by atoms with Crippen LogP contribution in [0.2, 0.25) is 0 Å². The number of carboxylic acids is 1. The van der Waals surface area contributed by atoms with Gasteiger partial charge in [0.1, 0.15) is 37.9 Å². The first-order valence-corrected chi connectivity index (χ1v) is 19.6. The molecule has 4 heterocycles. The number of aromatic nitrogens is 4. The predicted molar refractivity (Wildman–Crippen MR) is 202 cm³/mol. The fourth-order valence-corrected chi connectivity index (χ4v) is 9.33. The second-order valence-electron chi connectivity index (χ2n) is 12.0. The number of carbonyl (C=O) groups excluding carboxylic acids is 1. The number of ether oxygens (including phenoxy) is 2. The van der Waals surface area contributed by atoms with Gasteiger partial charge < -0.3 is 14.6 Å². The molecule has 0 bridgehead atoms. The zero-order valence-electron chi connectivity index (χ0n) is 28.3. The van der Waals surface area contributed by atoms with Crippen molar-refractivity contribution in [3.05, 3.63) is 77.4 Å². The van der Waals surface area contributed by atoms with E-state index >= 15 is 17.6 Å². The van der Waals surface area contributed by atoms with Gasteiger partial charge in [0, 0.05) is 15.4 Å². The molecular weight excluding hydrogens is 787 g/mol. The summed E-state index contributed by atoms with van der Waals surface area (Å²) in [7, 11) is 0. The molecule has 0 spiro atoms. The molecule has 0 saturated heterocycles. The van der Waals surface area contributed by atoms with Crippen LogP contribution in [0, 0.1) is 29.2 Å². The molecular formula is C36H27F4N5O5S4. The Balaban J connectivity index is 1.32. The van der Waals surface area contributed by atoms with Crippen molar-refractivity contribution < 1.29 is 41.7 Å². The number of fused-ring (bicyclic) bond motifs is 2. The van der Waals surface area contributed by atoms with Crippen LogP contribution in [0.3, 0.4) is 0 Å². The van der Waals surface area contributed by atoms with E-state index in [1.807, 2.05) is 24.3 Å². The van der Waals surface area contributed by atoms with E-state index in [1.165, 1.54) is 0 Å². The first kappa shape index (κ1) is 37.3. The van der Waals surface area contributed by atoms with Gasteiger partial charge in [-0.05, 0) is 60.9 Å². The number of carbonyl (C=O) groups is 2. The van der Waals surface area contributed by atoms with Crippen LogP contribution in [0.5, 0.6) is 11.5 Å². The summed E-state index contributed by atoms with van der Waals surface area (Å²) in [6, 6.07) is 13.8. The zero-order valence-corrected chi connectivity index (χ0v) is 31.5. The van der Waals surface area contributed by atoms with Crippen LogP contribution in [0.15, 0.2) is 48.5 Å². The molecule has 0 aliphatic carbocycles. The lowest BCUT2D eigenvalue weighted by atomic mass is 10.0. The minimum Gasteiger partial charge on any atom is -0.493 e. The van der Waals surface area contributed by atoms with Crippen molar-refractivity contribution in [1.82, 2.24) is 17.5 Å². The summed E-state index contributed by atoms with van der Waals surface area (Å²) in [4.78, 5) is 25.1. The summed E-state index contributed by atoms with van der Waals surface area (Å²) in [6.45, 7) is 4.82. The van der Waals surface area contributed by atoms with Crippen molar-refractivity contribution in [2.24, 2.45) is 5.92 Å². The lowest BCUT2D eigenvalue weighted by molar-refractivity contribution is -0.120. The number of nitrogens with zero attached hydrogens (tertiary/aromatic N) is 5. The Kier molecular flexibility index (Phi) is 10.9. The van der Waals surface area contributed by atoms with Crippen molar-refractivity contribution in [2.45, 2.75) is 39.5 Å². The van der Waals surface area contributed by atoms with Crippen molar-refractivity contribution in [3.63, 3.8) is 0 Å². The Labute approximate surface area is 320 Å². The number of benzene rings is 3. The Morgan fingerprint density at radius 1 is 0.796 bits per heavy atom. The van der Waals surface area contributed by atoms with Gasteiger partial charge in [0.05, 0.1) is 41.2 Å². The van der Waals surface area contributed by atoms with Crippen molar-refractivity contribution >= 4 is 96.3 Å². The third-order valence-electron chi connectivity index (χ3n) is 8.77. The van der Waals surface area contributed by atoms with E-state index in [0.717, 1.165) is 48.4 Å². The van der Waals surface area contributed by atoms with Crippen molar-refractivity contribution in [2.75, 3.05) is 11.5 Å². The number of rotatable bonds is 15. The first-order valence-electron chi connectivity index (χ1n) is 16.5. The molecule has 0 saturated carbocycles. The number of hydrogen-bond acceptors (Lipinski definition) is 13. The monoisotopic (exact) mass is 813 g/mol. The molecule has 54 heavy (non-hydrogen) atoms. The zero-order chi connectivity index (χ0) is 38.1. The highest BCUT2D eigenvalue weighted by molar-refractivity contribution is 7.22. The molecule has 1 N–H and O–H groups in total. The molecule has 0 fully saturated rings. The third-order valence-corrected chi connectivity index (χ3v) is 12.0. The predicted octanol–water partition coefficient (Wildman–Crippen LogP) is 11.0. The molecule has 7 rings (SSSR count). The fraction of sp³-hybridized carbons (Fsp3) is 0.222. The maximum Gasteiger partial charge on any atom is 0.341 e. The molecule has 0 aliphatic heterocycles. The summed E-state index contributed by atoms with van der Waals surface area (Å²) in [5, 5.41) is 10.6. The van der Waals surface area contributed by atoms with Gasteiger partial charge in [-0.3, -0.25) is 9.69 Å². The first-order chi connectivity index (χ1) is 26.2. The average Bonchev–Trinajstić information content (AvgIpc) is 4.01. The number of carboxylic acid groups (broad SMARTS) is 1. The number of halogens is 4. The van der Waals surface area contributed by atoms with Crippen LogP contribution in [-0.4, -0.2) is 41.6 Å². The quantitative estimate of drug-likeness (QED) is 0.0789. The molecule has 10 nitrogen and oxygen atoms in total. The van der Waals surface area contributed by atoms with E-state index in [-0.39, 0.29) is 49.4 Å². The Hall–Kier alpha value is -5.04. The summed E-state index contributed by atoms with van der Waals surface area (Å²) >= 11 is 3.50. The van der Waals surface area contributed by atoms with Gasteiger partial charge in [-0.25, -0.2) is 18.0 Å². The van der Waals surface area contributed by atoms with E-state index in [9.17, 15) is 14.7 Å². The van der Waals surface area contributed by atoms with Gasteiger partial charge in [-0.15, -0.1) is 22.7 Å². The minimum atomic E-state index is -1.67. The fourth-order valence-electron chi connectivity index (χ4n) is 5.99. The van der Waals surface area contributed by atoms with E-state index in [0.29, 0.717) is 57.4 Å². The Morgan fingerprint density at radius 3 is 1.94 bits per heavy atom. The molecule has 0 radical (unpaired) electrons. The van der Waals surface area contributed by atoms with Crippen LogP contribution in [0.25, 0.3) is 42.9 Å². The van der Waals surface area contributed by atoms with Crippen LogP contribution in [0.4, 0.5) is 33.3 Å². The maximum atomic E-state index is 15.7. The van der Waals surface area contributed by atoms with Crippen molar-refractivity contribution in [3.8, 4) is 32.4 Å². The molecule has 0 amide bonds. The molecule has 7 aromatic rings. The van der Waals surface area contributed by atoms with Gasteiger partial charge in [0.25, 0.3) is 6.47 Å². The van der Waals surface area contributed by atoms with Gasteiger partial charge in [-0.1, -0.05) is 33.1 Å². The average molecular weight is 814 g/mol. The highest BCUT2D eigenvalue weighted by Gasteiger charge is 2.30. The molecule has 278 valence electrons. The number of aromatic carboxylic acids is 1. The summed E-state index contributed by atoms with van der Waals surface area (Å²) in [5.41, 5.74) is -1.17. The molecule has 1 unspecified atom stereocenters. The SMILES string of the molecule is CCCCC(CC)COc1ccc(N(c2ccc(-c3c(F)c(F)c(OC=O)c4nsnc34)s2)c2ccc(-c3c(F)c(F)c(C(=O)O)c4nsnc34)s2)cc1. The van der Waals surface area contributed by atoms with Crippen molar-refractivity contribution in [1.29, 1.82) is 0 Å². The smallest absolute Gasteiger partial charge is 0.341 e. The number of thiophene rings is 2. The molecule has 3 aromatic carbocycles. The van der Waals surface area contributed by atoms with Gasteiger partial charge in [-0.2, -0.15) is 21.9 Å². The van der Waals surface area contributed by atoms with Gasteiger partial charge in [0.15, 0.2) is 28.7 Å².